The van der Waals surface area contributed by atoms with Crippen LogP contribution in [0.5, 0.6) is 0 Å². The van der Waals surface area contributed by atoms with Crippen LogP contribution >= 0.6 is 11.8 Å². The Morgan fingerprint density at radius 1 is 1.08 bits per heavy atom. The van der Waals surface area contributed by atoms with Gasteiger partial charge >= 0.3 is 0 Å². The maximum absolute atomic E-state index is 13.4. The first-order chi connectivity index (χ1) is 11.5. The molecule has 0 aliphatic carbocycles. The number of carbonyl (C=O) groups is 1. The smallest absolute Gasteiger partial charge is 0.257 e. The summed E-state index contributed by atoms with van der Waals surface area (Å²) in [5.74, 6) is 0.0168. The van der Waals surface area contributed by atoms with Gasteiger partial charge in [0.2, 0.25) is 0 Å². The summed E-state index contributed by atoms with van der Waals surface area (Å²) in [6.45, 7) is 6.27. The van der Waals surface area contributed by atoms with Gasteiger partial charge in [-0.05, 0) is 38.0 Å². The molecule has 4 heteroatoms. The highest BCUT2D eigenvalue weighted by Crippen LogP contribution is 2.45. The van der Waals surface area contributed by atoms with E-state index in [4.69, 9.17) is 4.74 Å². The first-order valence-electron chi connectivity index (χ1n) is 8.14. The number of nitrogens with zero attached hydrogens (tertiary/aromatic N) is 1. The van der Waals surface area contributed by atoms with Gasteiger partial charge in [0.05, 0.1) is 4.87 Å². The summed E-state index contributed by atoms with van der Waals surface area (Å²) in [5.41, 5.74) is 2.72. The van der Waals surface area contributed by atoms with E-state index in [1.165, 1.54) is 0 Å². The monoisotopic (exact) mass is 341 g/mol. The molecule has 1 aliphatic rings. The van der Waals surface area contributed by atoms with Crippen molar-refractivity contribution in [3.05, 3.63) is 60.2 Å². The molecule has 0 N–H and O–H groups in total. The third-order valence-electron chi connectivity index (χ3n) is 4.41. The van der Waals surface area contributed by atoms with E-state index in [2.05, 4.69) is 20.8 Å². The van der Waals surface area contributed by atoms with Gasteiger partial charge in [-0.1, -0.05) is 48.5 Å². The second-order valence-electron chi connectivity index (χ2n) is 6.48. The number of ether oxygens (including phenoxy) is 1. The van der Waals surface area contributed by atoms with Crippen molar-refractivity contribution in [1.82, 2.24) is 4.90 Å². The average Bonchev–Trinajstić information content (AvgIpc) is 2.82. The van der Waals surface area contributed by atoms with Gasteiger partial charge < -0.3 is 4.74 Å². The molecular weight excluding hydrogens is 318 g/mol. The summed E-state index contributed by atoms with van der Waals surface area (Å²) in [4.78, 5) is 15.0. The minimum Gasteiger partial charge on any atom is -0.360 e. The molecular formula is C20H23NO2S. The highest BCUT2D eigenvalue weighted by Gasteiger charge is 2.48. The number of thioether (sulfide) groups is 1. The summed E-state index contributed by atoms with van der Waals surface area (Å²) in [6, 6.07) is 17.8. The number of amides is 1. The number of carbonyl (C=O) groups excluding carboxylic acids is 1. The summed E-state index contributed by atoms with van der Waals surface area (Å²) in [6.07, 6.45) is -0.221. The number of hydrogen-bond acceptors (Lipinski definition) is 3. The maximum Gasteiger partial charge on any atom is 0.257 e. The number of methoxy groups -OCH3 is 1. The molecule has 0 radical (unpaired) electrons. The second-order valence-corrected chi connectivity index (χ2v) is 8.46. The van der Waals surface area contributed by atoms with E-state index in [1.807, 2.05) is 59.5 Å². The van der Waals surface area contributed by atoms with Crippen LogP contribution in [-0.4, -0.2) is 34.3 Å². The third-order valence-corrected chi connectivity index (χ3v) is 5.79. The van der Waals surface area contributed by atoms with Gasteiger partial charge in [0.25, 0.3) is 5.91 Å². The number of benzene rings is 2. The van der Waals surface area contributed by atoms with Crippen molar-refractivity contribution in [2.24, 2.45) is 0 Å². The third kappa shape index (κ3) is 2.96. The predicted octanol–water partition coefficient (Wildman–Crippen LogP) is 4.64. The fourth-order valence-electron chi connectivity index (χ4n) is 3.41. The fourth-order valence-corrected chi connectivity index (χ4v) is 4.97. The lowest BCUT2D eigenvalue weighted by atomic mass is 9.98. The molecule has 1 amide bonds. The van der Waals surface area contributed by atoms with Crippen LogP contribution in [0.1, 0.15) is 31.1 Å². The SMILES string of the molecule is CO[C@@H]1[C@@H](C)SC(C)(C)N1C(=O)c1ccccc1-c1ccccc1. The molecule has 24 heavy (non-hydrogen) atoms. The van der Waals surface area contributed by atoms with Crippen LogP contribution in [0, 0.1) is 0 Å². The Hall–Kier alpha value is -1.78. The minimum atomic E-state index is -0.305. The molecule has 1 aliphatic heterocycles. The first-order valence-corrected chi connectivity index (χ1v) is 9.02. The molecule has 2 aromatic rings. The van der Waals surface area contributed by atoms with Crippen LogP contribution in [0.3, 0.4) is 0 Å². The van der Waals surface area contributed by atoms with E-state index in [0.717, 1.165) is 11.1 Å². The lowest BCUT2D eigenvalue weighted by Gasteiger charge is -2.34. The topological polar surface area (TPSA) is 29.5 Å². The highest BCUT2D eigenvalue weighted by atomic mass is 32.2. The molecule has 2 atom stereocenters. The zero-order valence-corrected chi connectivity index (χ0v) is 15.3. The van der Waals surface area contributed by atoms with Gasteiger partial charge in [0.15, 0.2) is 0 Å². The highest BCUT2D eigenvalue weighted by molar-refractivity contribution is 8.01. The van der Waals surface area contributed by atoms with Crippen molar-refractivity contribution in [3.8, 4) is 11.1 Å². The summed E-state index contributed by atoms with van der Waals surface area (Å²) < 4.78 is 5.64. The van der Waals surface area contributed by atoms with Crippen LogP contribution < -0.4 is 0 Å². The van der Waals surface area contributed by atoms with E-state index < -0.39 is 0 Å². The van der Waals surface area contributed by atoms with Gasteiger partial charge in [-0.2, -0.15) is 0 Å². The van der Waals surface area contributed by atoms with E-state index >= 15 is 0 Å². The van der Waals surface area contributed by atoms with E-state index in [1.54, 1.807) is 18.9 Å². The van der Waals surface area contributed by atoms with Crippen LogP contribution in [0.25, 0.3) is 11.1 Å². The molecule has 0 saturated carbocycles. The fraction of sp³-hybridized carbons (Fsp3) is 0.350. The van der Waals surface area contributed by atoms with Crippen molar-refractivity contribution < 1.29 is 9.53 Å². The lowest BCUT2D eigenvalue weighted by Crippen LogP contribution is -2.48. The van der Waals surface area contributed by atoms with Crippen molar-refractivity contribution >= 4 is 17.7 Å². The minimum absolute atomic E-state index is 0.0168. The molecule has 0 spiro atoms. The van der Waals surface area contributed by atoms with Crippen molar-refractivity contribution in [1.29, 1.82) is 0 Å². The Balaban J connectivity index is 2.05. The Labute approximate surface area is 148 Å². The predicted molar refractivity (Wildman–Crippen MR) is 100.0 cm³/mol. The Morgan fingerprint density at radius 2 is 1.71 bits per heavy atom. The zero-order chi connectivity index (χ0) is 17.3. The van der Waals surface area contributed by atoms with E-state index in [-0.39, 0.29) is 22.3 Å². The molecule has 0 bridgehead atoms. The van der Waals surface area contributed by atoms with Gasteiger partial charge in [-0.25, -0.2) is 0 Å². The quantitative estimate of drug-likeness (QED) is 0.814. The lowest BCUT2D eigenvalue weighted by molar-refractivity contribution is -0.0271. The number of rotatable bonds is 3. The van der Waals surface area contributed by atoms with Crippen molar-refractivity contribution in [3.63, 3.8) is 0 Å². The molecule has 1 heterocycles. The van der Waals surface area contributed by atoms with E-state index in [9.17, 15) is 4.79 Å². The Bertz CT molecular complexity index is 729. The van der Waals surface area contributed by atoms with Gasteiger partial charge in [0, 0.05) is 17.9 Å². The van der Waals surface area contributed by atoms with Crippen LogP contribution in [-0.2, 0) is 4.74 Å². The first kappa shape index (κ1) is 17.1. The molecule has 0 unspecified atom stereocenters. The van der Waals surface area contributed by atoms with Gasteiger partial charge in [-0.15, -0.1) is 11.8 Å². The van der Waals surface area contributed by atoms with Crippen molar-refractivity contribution in [2.45, 2.75) is 37.1 Å². The average molecular weight is 341 g/mol. The molecule has 1 saturated heterocycles. The molecule has 1 fully saturated rings. The van der Waals surface area contributed by atoms with Gasteiger partial charge in [-0.3, -0.25) is 9.69 Å². The molecule has 3 rings (SSSR count). The summed E-state index contributed by atoms with van der Waals surface area (Å²) in [7, 11) is 1.67. The van der Waals surface area contributed by atoms with Crippen LogP contribution in [0.2, 0.25) is 0 Å². The van der Waals surface area contributed by atoms with Crippen LogP contribution in [0.15, 0.2) is 54.6 Å². The molecule has 2 aromatic carbocycles. The molecule has 126 valence electrons. The Kier molecular flexibility index (Phi) is 4.70. The van der Waals surface area contributed by atoms with Crippen LogP contribution in [0.4, 0.5) is 0 Å². The van der Waals surface area contributed by atoms with Gasteiger partial charge in [0.1, 0.15) is 6.23 Å². The summed E-state index contributed by atoms with van der Waals surface area (Å²) in [5, 5.41) is 0.234. The largest absolute Gasteiger partial charge is 0.360 e. The standard InChI is InChI=1S/C20H23NO2S/c1-14-19(23-4)21(20(2,3)24-14)18(22)17-13-9-8-12-16(17)15-10-6-5-7-11-15/h5-14,19H,1-4H3/t14-,19-/m1/s1. The molecule has 3 nitrogen and oxygen atoms in total. The zero-order valence-electron chi connectivity index (χ0n) is 14.5. The molecule has 0 aromatic heterocycles. The normalized spacial score (nSPS) is 22.6. The van der Waals surface area contributed by atoms with E-state index in [0.29, 0.717) is 5.56 Å². The summed E-state index contributed by atoms with van der Waals surface area (Å²) >= 11 is 1.77. The number of hydrogen-bond donors (Lipinski definition) is 0. The van der Waals surface area contributed by atoms with Crippen molar-refractivity contribution in [2.75, 3.05) is 7.11 Å². The maximum atomic E-state index is 13.4. The second kappa shape index (κ2) is 6.61. The Morgan fingerprint density at radius 3 is 2.38 bits per heavy atom.